The fourth-order valence-electron chi connectivity index (χ4n) is 20.3. The van der Waals surface area contributed by atoms with Gasteiger partial charge in [-0.3, -0.25) is 0 Å². The van der Waals surface area contributed by atoms with Crippen molar-refractivity contribution in [2.24, 2.45) is 0 Å². The van der Waals surface area contributed by atoms with Crippen LogP contribution < -0.4 is 4.90 Å². The highest BCUT2D eigenvalue weighted by Gasteiger charge is 2.52. The highest BCUT2D eigenvalue weighted by Crippen LogP contribution is 2.64. The van der Waals surface area contributed by atoms with Crippen molar-refractivity contribution in [3.8, 4) is 101 Å². The van der Waals surface area contributed by atoms with Crippen LogP contribution in [0.3, 0.4) is 0 Å². The lowest BCUT2D eigenvalue weighted by Gasteiger charge is -2.32. The van der Waals surface area contributed by atoms with Crippen molar-refractivity contribution in [3.63, 3.8) is 0 Å². The molecular formula is C115H71N7S2. The maximum Gasteiger partial charge on any atom is 0.159 e. The van der Waals surface area contributed by atoms with Gasteiger partial charge in [-0.25, -0.2) is 19.9 Å². The highest BCUT2D eigenvalue weighted by molar-refractivity contribution is 7.27. The van der Waals surface area contributed by atoms with E-state index in [0.717, 1.165) is 72.7 Å². The molecule has 124 heavy (non-hydrogen) atoms. The Morgan fingerprint density at radius 1 is 0.234 bits per heavy atom. The standard InChI is InChI=1S/C71H44N4S.C44H27N3S/c1-4-17-45(18-5-1)47-29-32-50(33-30-47)74(52-34-37-56-55-25-12-15-28-62(55)71(63(56)43-52)60-26-13-10-23-53(60)54-24-11-14-27-61(54)71)51-35-38-66-58(42-51)67-59(70-72-39-16-40-73-70)44-65-68(69(67)76-66)57-36-31-48(46-19-6-2-7-20-46)41-64(57)75(65)49-21-8-3-9-22-49;1-3-11-28(12-4-1)31-19-21-38-34(25-31)42-39(47(38)37-18-9-16-30-15-7-8-17-33(30)37)27-36(44-45-23-10-24-46-44)41-35-26-32(29-13-5-2-6-14-29)20-22-40(35)48-43(41)42/h1-44H;1-27H. The number of nitrogens with zero attached hydrogens (tertiary/aromatic N) is 7. The number of para-hydroxylation sites is 1. The van der Waals surface area contributed by atoms with E-state index < -0.39 is 5.41 Å². The van der Waals surface area contributed by atoms with Gasteiger partial charge in [-0.2, -0.15) is 0 Å². The van der Waals surface area contributed by atoms with Crippen molar-refractivity contribution < 1.29 is 0 Å². The van der Waals surface area contributed by atoms with E-state index in [1.807, 2.05) is 59.6 Å². The number of rotatable bonds is 11. The SMILES string of the molecule is c1ccc(-c2ccc(N(c3ccc4c(c3)C3(c5ccccc5-c5ccccc53)c3ccccc3-4)c3ccc4sc5c(c(-c6ncccn6)cc6c5c5ccc(-c7ccccc7)cc5n6-c5ccccc5)c4c3)cc2)cc1.c1ccc(-c2ccc3sc4c(c(-c5ncccn5)cc5c4c4cc(-c6ccccc6)ccc4n5-c4cccc5ccccc45)c3c2)cc1. The van der Waals surface area contributed by atoms with Crippen molar-refractivity contribution in [2.75, 3.05) is 4.90 Å². The van der Waals surface area contributed by atoms with E-state index in [2.05, 4.69) is 408 Å². The molecule has 0 atom stereocenters. The van der Waals surface area contributed by atoms with Gasteiger partial charge in [0, 0.05) is 126 Å². The van der Waals surface area contributed by atoms with Crippen LogP contribution in [0.4, 0.5) is 17.1 Å². The first-order valence-corrected chi connectivity index (χ1v) is 43.7. The van der Waals surface area contributed by atoms with Gasteiger partial charge < -0.3 is 14.0 Å². The fourth-order valence-corrected chi connectivity index (χ4v) is 22.8. The van der Waals surface area contributed by atoms with E-state index in [4.69, 9.17) is 19.9 Å². The molecule has 0 saturated carbocycles. The smallest absolute Gasteiger partial charge is 0.159 e. The molecule has 0 amide bonds. The lowest BCUT2D eigenvalue weighted by Crippen LogP contribution is -2.26. The third kappa shape index (κ3) is 11.1. The van der Waals surface area contributed by atoms with E-state index >= 15 is 0 Å². The van der Waals surface area contributed by atoms with Crippen LogP contribution in [0.25, 0.3) is 196 Å². The number of hydrogen-bond acceptors (Lipinski definition) is 7. The first kappa shape index (κ1) is 71.2. The number of thiophene rings is 2. The van der Waals surface area contributed by atoms with Gasteiger partial charge in [0.15, 0.2) is 11.6 Å². The average molecular weight is 1620 g/mol. The minimum absolute atomic E-state index is 0.484. The maximum atomic E-state index is 4.98. The van der Waals surface area contributed by atoms with Gasteiger partial charge in [-0.15, -0.1) is 22.7 Å². The van der Waals surface area contributed by atoms with Gasteiger partial charge >= 0.3 is 0 Å². The topological polar surface area (TPSA) is 64.7 Å². The first-order valence-electron chi connectivity index (χ1n) is 42.1. The number of anilines is 3. The summed E-state index contributed by atoms with van der Waals surface area (Å²) in [5.41, 5.74) is 31.6. The summed E-state index contributed by atoms with van der Waals surface area (Å²) in [4.78, 5) is 22.1. The second kappa shape index (κ2) is 28.7. The Labute approximate surface area is 722 Å². The molecule has 2 aliphatic rings. The van der Waals surface area contributed by atoms with E-state index in [0.29, 0.717) is 5.82 Å². The summed E-state index contributed by atoms with van der Waals surface area (Å²) in [7, 11) is 0. The molecule has 18 aromatic carbocycles. The van der Waals surface area contributed by atoms with Gasteiger partial charge in [0.2, 0.25) is 0 Å². The molecule has 0 N–H and O–H groups in total. The van der Waals surface area contributed by atoms with Crippen LogP contribution in [0.2, 0.25) is 0 Å². The molecular weight excluding hydrogens is 1540 g/mol. The third-order valence-electron chi connectivity index (χ3n) is 25.6. The van der Waals surface area contributed by atoms with Gasteiger partial charge in [0.05, 0.1) is 33.2 Å². The van der Waals surface area contributed by atoms with E-state index in [1.165, 1.54) is 156 Å². The van der Waals surface area contributed by atoms with Crippen LogP contribution in [0, 0.1) is 0 Å². The zero-order valence-corrected chi connectivity index (χ0v) is 68.6. The molecule has 0 radical (unpaired) electrons. The van der Waals surface area contributed by atoms with Crippen molar-refractivity contribution in [1.29, 1.82) is 0 Å². The van der Waals surface area contributed by atoms with E-state index in [9.17, 15) is 0 Å². The highest BCUT2D eigenvalue weighted by atomic mass is 32.1. The Bertz CT molecular complexity index is 8330. The summed E-state index contributed by atoms with van der Waals surface area (Å²) >= 11 is 3.72. The predicted octanol–water partition coefficient (Wildman–Crippen LogP) is 30.9. The van der Waals surface area contributed by atoms with Crippen LogP contribution in [0.1, 0.15) is 22.3 Å². The average Bonchev–Trinajstić information content (AvgIpc) is 1.50. The number of aromatic nitrogens is 6. The number of benzene rings is 18. The Hall–Kier alpha value is -15.8. The first-order chi connectivity index (χ1) is 61.5. The molecule has 7 nitrogen and oxygen atoms in total. The second-order valence-electron chi connectivity index (χ2n) is 32.2. The predicted molar refractivity (Wildman–Crippen MR) is 520 cm³/mol. The van der Waals surface area contributed by atoms with Crippen LogP contribution >= 0.6 is 22.7 Å². The molecule has 26 rings (SSSR count). The van der Waals surface area contributed by atoms with E-state index in [1.54, 1.807) is 0 Å². The fraction of sp³-hybridized carbons (Fsp3) is 0.00870. The van der Waals surface area contributed by atoms with Crippen molar-refractivity contribution in [1.82, 2.24) is 29.1 Å². The van der Waals surface area contributed by atoms with Gasteiger partial charge in [0.1, 0.15) is 0 Å². The van der Waals surface area contributed by atoms with Crippen molar-refractivity contribution >= 4 is 134 Å². The van der Waals surface area contributed by atoms with Crippen molar-refractivity contribution in [2.45, 2.75) is 5.41 Å². The van der Waals surface area contributed by atoms with E-state index in [-0.39, 0.29) is 0 Å². The lowest BCUT2D eigenvalue weighted by molar-refractivity contribution is 0.793. The molecule has 578 valence electrons. The van der Waals surface area contributed by atoms with Gasteiger partial charge in [0.25, 0.3) is 0 Å². The maximum absolute atomic E-state index is 4.98. The Morgan fingerprint density at radius 2 is 0.653 bits per heavy atom. The molecule has 6 heterocycles. The molecule has 0 bridgehead atoms. The monoisotopic (exact) mass is 1610 g/mol. The normalized spacial score (nSPS) is 12.4. The van der Waals surface area contributed by atoms with Crippen LogP contribution in [0.15, 0.2) is 431 Å². The molecule has 1 spiro atoms. The minimum atomic E-state index is -0.484. The molecule has 0 aliphatic heterocycles. The number of hydrogen-bond donors (Lipinski definition) is 0. The van der Waals surface area contributed by atoms with Crippen LogP contribution in [-0.2, 0) is 5.41 Å². The molecule has 6 aromatic heterocycles. The van der Waals surface area contributed by atoms with Gasteiger partial charge in [-0.1, -0.05) is 291 Å². The summed E-state index contributed by atoms with van der Waals surface area (Å²) in [5.74, 6) is 1.43. The third-order valence-corrected chi connectivity index (χ3v) is 28.0. The Kier molecular flexibility index (Phi) is 16.5. The summed E-state index contributed by atoms with van der Waals surface area (Å²) < 4.78 is 9.80. The zero-order chi connectivity index (χ0) is 81.5. The number of fused-ring (bicyclic) bond motifs is 25. The second-order valence-corrected chi connectivity index (χ2v) is 34.3. The summed E-state index contributed by atoms with van der Waals surface area (Å²) in [6.45, 7) is 0. The zero-order valence-electron chi connectivity index (χ0n) is 66.9. The molecule has 2 aliphatic carbocycles. The van der Waals surface area contributed by atoms with Gasteiger partial charge in [-0.05, 0) is 210 Å². The Morgan fingerprint density at radius 3 is 1.24 bits per heavy atom. The van der Waals surface area contributed by atoms with Crippen LogP contribution in [0.5, 0.6) is 0 Å². The lowest BCUT2D eigenvalue weighted by atomic mass is 9.70. The molecule has 0 saturated heterocycles. The largest absolute Gasteiger partial charge is 0.310 e. The Balaban J connectivity index is 0.000000151. The van der Waals surface area contributed by atoms with Crippen molar-refractivity contribution in [3.05, 3.63) is 453 Å². The molecule has 24 aromatic rings. The molecule has 0 fully saturated rings. The quantitative estimate of drug-likeness (QED) is 0.129. The molecule has 9 heteroatoms. The molecule has 0 unspecified atom stereocenters. The van der Waals surface area contributed by atoms with Crippen LogP contribution in [-0.4, -0.2) is 29.1 Å². The summed E-state index contributed by atoms with van der Waals surface area (Å²) in [6, 6.07) is 148. The minimum Gasteiger partial charge on any atom is -0.310 e. The summed E-state index contributed by atoms with van der Waals surface area (Å²) in [5, 5.41) is 12.1. The summed E-state index contributed by atoms with van der Waals surface area (Å²) in [6.07, 6.45) is 7.40.